The van der Waals surface area contributed by atoms with Gasteiger partial charge in [-0.1, -0.05) is 70.8 Å². The van der Waals surface area contributed by atoms with E-state index < -0.39 is 19.2 Å². The second-order valence-electron chi connectivity index (χ2n) is 11.6. The molecule has 1 aromatic heterocycles. The summed E-state index contributed by atoms with van der Waals surface area (Å²) in [4.78, 5) is 0. The molecule has 0 spiro atoms. The summed E-state index contributed by atoms with van der Waals surface area (Å²) in [5.74, 6) is 2.53. The Bertz CT molecular complexity index is 1200. The van der Waals surface area contributed by atoms with Crippen LogP contribution in [0.15, 0.2) is 54.9 Å². The fourth-order valence-corrected chi connectivity index (χ4v) is 6.23. The summed E-state index contributed by atoms with van der Waals surface area (Å²) in [5.41, 5.74) is 6.43. The second kappa shape index (κ2) is 11.2. The van der Waals surface area contributed by atoms with E-state index in [0.717, 1.165) is 0 Å². The maximum atomic E-state index is 6.44. The van der Waals surface area contributed by atoms with Crippen molar-refractivity contribution in [2.24, 2.45) is 7.05 Å². The smallest absolute Gasteiger partial charge is 0.237 e. The van der Waals surface area contributed by atoms with Gasteiger partial charge >= 0.3 is 0 Å². The first-order valence-electron chi connectivity index (χ1n) is 13.5. The summed E-state index contributed by atoms with van der Waals surface area (Å²) in [7, 11) is 33.1. The van der Waals surface area contributed by atoms with Gasteiger partial charge in [-0.15, -0.1) is 0 Å². The van der Waals surface area contributed by atoms with Gasteiger partial charge < -0.3 is 0 Å². The first-order valence-corrected chi connectivity index (χ1v) is 13.5. The van der Waals surface area contributed by atoms with E-state index in [1.807, 2.05) is 0 Å². The minimum atomic E-state index is -0.667. The van der Waals surface area contributed by atoms with Crippen molar-refractivity contribution >= 4 is 70.8 Å². The Labute approximate surface area is 233 Å². The van der Waals surface area contributed by atoms with E-state index in [0.29, 0.717) is 17.7 Å². The van der Waals surface area contributed by atoms with E-state index in [2.05, 4.69) is 106 Å². The highest BCUT2D eigenvalue weighted by Crippen LogP contribution is 2.52. The zero-order chi connectivity index (χ0) is 27.2. The predicted octanol–water partition coefficient (Wildman–Crippen LogP) is 2.36. The summed E-state index contributed by atoms with van der Waals surface area (Å²) in [5, 5.41) is 0. The van der Waals surface area contributed by atoms with Crippen LogP contribution in [-0.2, 0) is 7.05 Å². The van der Waals surface area contributed by atoms with Gasteiger partial charge in [0.1, 0.15) is 24.7 Å². The molecule has 0 saturated carbocycles. The van der Waals surface area contributed by atoms with Gasteiger partial charge in [-0.25, -0.2) is 4.57 Å². The minimum absolute atomic E-state index is 0.169. The maximum absolute atomic E-state index is 6.44. The molecule has 37 heavy (non-hydrogen) atoms. The van der Waals surface area contributed by atoms with Gasteiger partial charge in [0.15, 0.2) is 0 Å². The molecular weight excluding hydrogens is 436 g/mol. The van der Waals surface area contributed by atoms with E-state index in [4.69, 9.17) is 38.7 Å². The highest BCUT2D eigenvalue weighted by Gasteiger charge is 2.61. The Hall–Kier alpha value is -1.70. The van der Waals surface area contributed by atoms with Crippen LogP contribution >= 0.6 is 0 Å². The molecule has 2 heterocycles. The Kier molecular flexibility index (Phi) is 8.56. The van der Waals surface area contributed by atoms with Crippen LogP contribution in [0.25, 0.3) is 16.8 Å². The maximum Gasteiger partial charge on any atom is 0.255 e. The summed E-state index contributed by atoms with van der Waals surface area (Å²) in [6.07, 6.45) is 2.45. The normalized spacial score (nSPS) is 16.8. The molecule has 0 bridgehead atoms. The van der Waals surface area contributed by atoms with Crippen LogP contribution < -0.4 is 4.57 Å². The number of benzene rings is 2. The molecule has 1 unspecified atom stereocenters. The Balaban J connectivity index is 1.87. The van der Waals surface area contributed by atoms with Crippen LogP contribution in [0.5, 0.6) is 0 Å². The van der Waals surface area contributed by atoms with E-state index in [1.165, 1.54) is 33.8 Å². The molecule has 2 aromatic carbocycles. The zero-order valence-electron chi connectivity index (χ0n) is 23.2. The van der Waals surface area contributed by atoms with Gasteiger partial charge in [-0.2, -0.15) is 4.57 Å². The van der Waals surface area contributed by atoms with Crippen molar-refractivity contribution in [2.75, 3.05) is 0 Å². The van der Waals surface area contributed by atoms with Crippen LogP contribution in [0.3, 0.4) is 0 Å². The summed E-state index contributed by atoms with van der Waals surface area (Å²) >= 11 is 0. The number of hydrogen-bond donors (Lipinski definition) is 0. The van der Waals surface area contributed by atoms with Gasteiger partial charge in [0.25, 0.3) is 5.82 Å². The molecule has 2 atom stereocenters. The lowest BCUT2D eigenvalue weighted by atomic mass is 8.57. The second-order valence-corrected chi connectivity index (χ2v) is 11.6. The lowest BCUT2D eigenvalue weighted by Crippen LogP contribution is -2.64. The average Bonchev–Trinajstić information content (AvgIpc) is 3.32. The van der Waals surface area contributed by atoms with Crippen molar-refractivity contribution in [3.8, 4) is 16.8 Å². The van der Waals surface area contributed by atoms with E-state index in [1.54, 1.807) is 0 Å². The lowest BCUT2D eigenvalue weighted by Gasteiger charge is -2.25. The Morgan fingerprint density at radius 1 is 0.865 bits per heavy atom. The number of imidazole rings is 1. The highest BCUT2D eigenvalue weighted by molar-refractivity contribution is 8.01. The molecule has 1 aliphatic rings. The summed E-state index contributed by atoms with van der Waals surface area (Å²) in [6.45, 7) is 11.5. The molecule has 0 amide bonds. The molecule has 3 aromatic rings. The topological polar surface area (TPSA) is 8.81 Å². The van der Waals surface area contributed by atoms with Crippen LogP contribution in [0.1, 0.15) is 69.2 Å². The fourth-order valence-electron chi connectivity index (χ4n) is 6.23. The standard InChI is InChI=1S/C25H31B10N2/c1-16(2)21-14-20(19-10-8-7-9-11-19)15-22(17(3)4)24(21)37-13-12-36(6)25(37)23-18(5)31(23)35(33(28)29)34(30)32(26)27/h7-18,23H,1-6H3/q+1/t18-,23?/m0/s1. The van der Waals surface area contributed by atoms with Gasteiger partial charge in [0.05, 0.1) is 7.05 Å². The van der Waals surface area contributed by atoms with Crippen molar-refractivity contribution < 1.29 is 4.57 Å². The number of hydrogen-bond acceptors (Lipinski definition) is 0. The Morgan fingerprint density at radius 3 is 1.92 bits per heavy atom. The van der Waals surface area contributed by atoms with Crippen molar-refractivity contribution in [3.05, 3.63) is 71.8 Å². The third kappa shape index (κ3) is 5.41. The number of aryl methyl sites for hydroxylation is 1. The van der Waals surface area contributed by atoms with Crippen molar-refractivity contribution in [2.45, 2.75) is 58.1 Å². The van der Waals surface area contributed by atoms with Crippen molar-refractivity contribution in [1.29, 1.82) is 0 Å². The number of nitrogens with zero attached hydrogens (tertiary/aromatic N) is 2. The highest BCUT2D eigenvalue weighted by atomic mass is 15.1. The van der Waals surface area contributed by atoms with Crippen LogP contribution in [0.4, 0.5) is 0 Å². The SMILES string of the molecule is [B]B([B])B([B])B(B([B])[B])B1C(c2n(-c3c(C(C)C)cc(-c4ccccc4)cc3C(C)C)cc[n+]2C)[C@@H]1C. The summed E-state index contributed by atoms with van der Waals surface area (Å²) < 4.78 is 4.63. The molecule has 1 saturated heterocycles. The van der Waals surface area contributed by atoms with Gasteiger partial charge in [-0.3, -0.25) is 0 Å². The van der Waals surface area contributed by atoms with Gasteiger partial charge in [-0.05, 0) is 35.1 Å². The van der Waals surface area contributed by atoms with E-state index >= 15 is 0 Å². The van der Waals surface area contributed by atoms with Crippen LogP contribution in [0.2, 0.25) is 5.82 Å². The van der Waals surface area contributed by atoms with E-state index in [-0.39, 0.29) is 18.8 Å². The molecule has 4 rings (SSSR count). The summed E-state index contributed by atoms with van der Waals surface area (Å²) in [6, 6.07) is 15.4. The lowest BCUT2D eigenvalue weighted by molar-refractivity contribution is -0.678. The predicted molar refractivity (Wildman–Crippen MR) is 170 cm³/mol. The minimum Gasteiger partial charge on any atom is -0.237 e. The van der Waals surface area contributed by atoms with Crippen molar-refractivity contribution in [1.82, 2.24) is 4.57 Å². The molecular formula is C25H31B10N2+. The largest absolute Gasteiger partial charge is 0.255 e. The molecule has 0 aliphatic carbocycles. The first kappa shape index (κ1) is 28.3. The monoisotopic (exact) mass is 469 g/mol. The van der Waals surface area contributed by atoms with Crippen LogP contribution in [-0.4, -0.2) is 75.4 Å². The average molecular weight is 468 g/mol. The third-order valence-corrected chi connectivity index (χ3v) is 8.33. The van der Waals surface area contributed by atoms with Crippen molar-refractivity contribution in [3.63, 3.8) is 0 Å². The first-order chi connectivity index (χ1) is 17.5. The molecule has 170 valence electrons. The Morgan fingerprint density at radius 2 is 1.43 bits per heavy atom. The van der Waals surface area contributed by atoms with Crippen LogP contribution in [0, 0.1) is 0 Å². The molecule has 10 radical (unpaired) electrons. The molecule has 0 N–H and O–H groups in total. The molecule has 12 heteroatoms. The van der Waals surface area contributed by atoms with Gasteiger partial charge in [0, 0.05) is 81.2 Å². The van der Waals surface area contributed by atoms with Gasteiger partial charge in [0.2, 0.25) is 0 Å². The third-order valence-electron chi connectivity index (χ3n) is 8.33. The number of aromatic nitrogens is 2. The molecule has 1 fully saturated rings. The quantitative estimate of drug-likeness (QED) is 0.338. The fraction of sp³-hybridized carbons (Fsp3) is 0.400. The molecule has 2 nitrogen and oxygen atoms in total. The molecule has 1 aliphatic heterocycles. The number of rotatable bonds is 9. The van der Waals surface area contributed by atoms with E-state index in [9.17, 15) is 0 Å². The zero-order valence-corrected chi connectivity index (χ0v) is 23.2.